The lowest BCUT2D eigenvalue weighted by molar-refractivity contribution is -0.0430. The van der Waals surface area contributed by atoms with Crippen molar-refractivity contribution in [3.05, 3.63) is 17.5 Å². The van der Waals surface area contributed by atoms with Crippen LogP contribution < -0.4 is 5.32 Å². The largest absolute Gasteiger partial charge is 0.360 e. The number of alkyl halides is 2. The zero-order chi connectivity index (χ0) is 16.8. The molecule has 0 radical (unpaired) electrons. The summed E-state index contributed by atoms with van der Waals surface area (Å²) in [6, 6.07) is 1.20. The fraction of sp³-hybridized carbons (Fsp3) is 0.750. The van der Waals surface area contributed by atoms with Gasteiger partial charge < -0.3 is 9.84 Å². The van der Waals surface area contributed by atoms with Crippen LogP contribution in [0.1, 0.15) is 55.8 Å². The molecule has 1 N–H and O–H groups in total. The molecule has 1 aromatic rings. The molecule has 0 spiro atoms. The van der Waals surface area contributed by atoms with E-state index in [1.54, 1.807) is 6.07 Å². The SMILES string of the molecule is CC(C)N1C[C@@H](C(C)(F)F)[C@H](NC(=O)c2cc(C3CC3)on2)C1. The molecule has 1 aliphatic heterocycles. The Morgan fingerprint density at radius 3 is 2.70 bits per heavy atom. The van der Waals surface area contributed by atoms with Crippen LogP contribution in [0.2, 0.25) is 0 Å². The van der Waals surface area contributed by atoms with Gasteiger partial charge in [0.05, 0.1) is 12.0 Å². The highest BCUT2D eigenvalue weighted by Crippen LogP contribution is 2.40. The summed E-state index contributed by atoms with van der Waals surface area (Å²) < 4.78 is 32.9. The van der Waals surface area contributed by atoms with E-state index in [4.69, 9.17) is 4.52 Å². The van der Waals surface area contributed by atoms with E-state index in [-0.39, 0.29) is 18.3 Å². The first-order valence-corrected chi connectivity index (χ1v) is 8.15. The molecule has 0 aromatic carbocycles. The normalized spacial score (nSPS) is 26.0. The van der Waals surface area contributed by atoms with Gasteiger partial charge in [-0.1, -0.05) is 5.16 Å². The van der Waals surface area contributed by atoms with E-state index in [9.17, 15) is 13.6 Å². The fourth-order valence-electron chi connectivity index (χ4n) is 3.11. The minimum absolute atomic E-state index is 0.162. The Bertz CT molecular complexity index is 578. The van der Waals surface area contributed by atoms with Crippen molar-refractivity contribution in [2.45, 2.75) is 57.5 Å². The lowest BCUT2D eigenvalue weighted by atomic mass is 9.97. The molecule has 0 unspecified atom stereocenters. The number of aromatic nitrogens is 1. The van der Waals surface area contributed by atoms with Crippen LogP contribution in [0.25, 0.3) is 0 Å². The van der Waals surface area contributed by atoms with E-state index >= 15 is 0 Å². The van der Waals surface area contributed by atoms with Crippen LogP contribution in [0.3, 0.4) is 0 Å². The van der Waals surface area contributed by atoms with Crippen LogP contribution in [-0.4, -0.2) is 47.1 Å². The molecule has 128 valence electrons. The van der Waals surface area contributed by atoms with E-state index in [2.05, 4.69) is 10.5 Å². The molecular weight excluding hydrogens is 304 g/mol. The Morgan fingerprint density at radius 2 is 2.13 bits per heavy atom. The predicted octanol–water partition coefficient (Wildman–Crippen LogP) is 2.65. The molecule has 3 rings (SSSR count). The van der Waals surface area contributed by atoms with Crippen molar-refractivity contribution < 1.29 is 18.1 Å². The third kappa shape index (κ3) is 3.54. The number of nitrogens with one attached hydrogen (secondary N) is 1. The van der Waals surface area contributed by atoms with E-state index in [0.29, 0.717) is 18.2 Å². The zero-order valence-corrected chi connectivity index (χ0v) is 13.7. The van der Waals surface area contributed by atoms with Crippen molar-refractivity contribution in [1.29, 1.82) is 0 Å². The fourth-order valence-corrected chi connectivity index (χ4v) is 3.11. The van der Waals surface area contributed by atoms with Crippen LogP contribution in [-0.2, 0) is 0 Å². The summed E-state index contributed by atoms with van der Waals surface area (Å²) in [4.78, 5) is 14.3. The maximum Gasteiger partial charge on any atom is 0.273 e. The first-order chi connectivity index (χ1) is 10.8. The van der Waals surface area contributed by atoms with Gasteiger partial charge in [-0.05, 0) is 33.6 Å². The molecule has 1 aliphatic carbocycles. The van der Waals surface area contributed by atoms with Gasteiger partial charge in [-0.3, -0.25) is 9.69 Å². The van der Waals surface area contributed by atoms with Crippen LogP contribution in [0.15, 0.2) is 10.6 Å². The molecule has 5 nitrogen and oxygen atoms in total. The van der Waals surface area contributed by atoms with Crippen LogP contribution in [0.5, 0.6) is 0 Å². The molecule has 7 heteroatoms. The van der Waals surface area contributed by atoms with Gasteiger partial charge >= 0.3 is 0 Å². The molecule has 2 fully saturated rings. The van der Waals surface area contributed by atoms with Gasteiger partial charge in [0, 0.05) is 31.1 Å². The van der Waals surface area contributed by atoms with Crippen molar-refractivity contribution in [1.82, 2.24) is 15.4 Å². The minimum Gasteiger partial charge on any atom is -0.360 e. The Labute approximate surface area is 134 Å². The minimum atomic E-state index is -2.84. The molecule has 1 saturated heterocycles. The van der Waals surface area contributed by atoms with Gasteiger partial charge in [0.2, 0.25) is 0 Å². The Balaban J connectivity index is 1.69. The molecule has 2 heterocycles. The summed E-state index contributed by atoms with van der Waals surface area (Å²) in [5, 5.41) is 6.50. The highest BCUT2D eigenvalue weighted by molar-refractivity contribution is 5.92. The highest BCUT2D eigenvalue weighted by Gasteiger charge is 2.47. The number of halogens is 2. The zero-order valence-electron chi connectivity index (χ0n) is 13.7. The molecule has 0 bridgehead atoms. The topological polar surface area (TPSA) is 58.4 Å². The molecule has 23 heavy (non-hydrogen) atoms. The second-order valence-corrected chi connectivity index (χ2v) is 7.08. The summed E-state index contributed by atoms with van der Waals surface area (Å²) in [5.41, 5.74) is 0.174. The third-order valence-corrected chi connectivity index (χ3v) is 4.79. The number of hydrogen-bond acceptors (Lipinski definition) is 4. The number of rotatable bonds is 5. The van der Waals surface area contributed by atoms with Gasteiger partial charge in [-0.15, -0.1) is 0 Å². The number of amides is 1. The maximum absolute atomic E-state index is 13.9. The molecule has 2 atom stereocenters. The van der Waals surface area contributed by atoms with Gasteiger partial charge in [0.15, 0.2) is 5.69 Å². The van der Waals surface area contributed by atoms with E-state index < -0.39 is 23.8 Å². The second-order valence-electron chi connectivity index (χ2n) is 7.08. The molecule has 1 saturated carbocycles. The van der Waals surface area contributed by atoms with E-state index in [1.165, 1.54) is 0 Å². The van der Waals surface area contributed by atoms with Crippen molar-refractivity contribution >= 4 is 5.91 Å². The second kappa shape index (κ2) is 5.85. The lowest BCUT2D eigenvalue weighted by Crippen LogP contribution is -2.46. The first-order valence-electron chi connectivity index (χ1n) is 8.15. The van der Waals surface area contributed by atoms with Crippen LogP contribution in [0, 0.1) is 5.92 Å². The predicted molar refractivity (Wildman–Crippen MR) is 80.6 cm³/mol. The Kier molecular flexibility index (Phi) is 4.16. The molecule has 1 amide bonds. The summed E-state index contributed by atoms with van der Waals surface area (Å²) in [6.07, 6.45) is 2.10. The average Bonchev–Trinajstić information content (AvgIpc) is 3.01. The smallest absolute Gasteiger partial charge is 0.273 e. The van der Waals surface area contributed by atoms with Gasteiger partial charge in [0.1, 0.15) is 5.76 Å². The number of nitrogens with zero attached hydrogens (tertiary/aromatic N) is 2. The Morgan fingerprint density at radius 1 is 1.43 bits per heavy atom. The van der Waals surface area contributed by atoms with Gasteiger partial charge in [-0.25, -0.2) is 8.78 Å². The van der Waals surface area contributed by atoms with E-state index in [1.807, 2.05) is 18.7 Å². The number of likely N-dealkylation sites (tertiary alicyclic amines) is 1. The lowest BCUT2D eigenvalue weighted by Gasteiger charge is -2.24. The third-order valence-electron chi connectivity index (χ3n) is 4.79. The number of carbonyl (C=O) groups excluding carboxylic acids is 1. The van der Waals surface area contributed by atoms with Crippen molar-refractivity contribution in [2.24, 2.45) is 5.92 Å². The summed E-state index contributed by atoms with van der Waals surface area (Å²) in [7, 11) is 0. The van der Waals surface area contributed by atoms with Gasteiger partial charge in [0.25, 0.3) is 11.8 Å². The van der Waals surface area contributed by atoms with Crippen LogP contribution in [0.4, 0.5) is 8.78 Å². The summed E-state index contributed by atoms with van der Waals surface area (Å²) in [6.45, 7) is 5.55. The van der Waals surface area contributed by atoms with Crippen molar-refractivity contribution in [3.63, 3.8) is 0 Å². The standard InChI is InChI=1S/C16H23F2N3O2/c1-9(2)21-7-11(16(3,17)18)13(8-21)19-15(22)12-6-14(23-20-12)10-4-5-10/h6,9-11,13H,4-5,7-8H2,1-3H3,(H,19,22)/t11-,13-/m1/s1. The quantitative estimate of drug-likeness (QED) is 0.903. The maximum atomic E-state index is 13.9. The van der Waals surface area contributed by atoms with Crippen LogP contribution >= 0.6 is 0 Å². The number of carbonyl (C=O) groups is 1. The van der Waals surface area contributed by atoms with Gasteiger partial charge in [-0.2, -0.15) is 0 Å². The monoisotopic (exact) mass is 327 g/mol. The Hall–Kier alpha value is -1.50. The number of hydrogen-bond donors (Lipinski definition) is 1. The summed E-state index contributed by atoms with van der Waals surface area (Å²) in [5.74, 6) is -3.11. The van der Waals surface area contributed by atoms with E-state index in [0.717, 1.165) is 19.8 Å². The first kappa shape index (κ1) is 16.4. The highest BCUT2D eigenvalue weighted by atomic mass is 19.3. The average molecular weight is 327 g/mol. The van der Waals surface area contributed by atoms with Crippen molar-refractivity contribution in [3.8, 4) is 0 Å². The summed E-state index contributed by atoms with van der Waals surface area (Å²) >= 11 is 0. The molecule has 1 aromatic heterocycles. The van der Waals surface area contributed by atoms with Crippen molar-refractivity contribution in [2.75, 3.05) is 13.1 Å². The molecule has 2 aliphatic rings. The molecular formula is C16H23F2N3O2.